The number of anilines is 4. The molecule has 32 heteroatoms. The van der Waals surface area contributed by atoms with Crippen molar-refractivity contribution in [3.05, 3.63) is 400 Å². The van der Waals surface area contributed by atoms with Gasteiger partial charge in [-0.3, -0.25) is 28.3 Å². The number of rotatable bonds is 12. The molecule has 3 heterocycles. The number of methoxy groups -OCH3 is 4. The summed E-state index contributed by atoms with van der Waals surface area (Å²) in [5.74, 6) is -9.06. The fraction of sp³-hybridized carbons (Fsp3) is 0.0741. The number of fused-ring (bicyclic) bond motifs is 7. The van der Waals surface area contributed by atoms with E-state index in [4.69, 9.17) is 59.0 Å². The second kappa shape index (κ2) is 48.3. The Morgan fingerprint density at radius 3 is 1.12 bits per heavy atom. The van der Waals surface area contributed by atoms with Gasteiger partial charge in [-0.05, 0) is 200 Å². The molecule has 0 aliphatic rings. The molecular weight excluding hydrogens is 1830 g/mol. The van der Waals surface area contributed by atoms with Crippen molar-refractivity contribution in [2.45, 2.75) is 22.3 Å². The number of esters is 4. The fourth-order valence-corrected chi connectivity index (χ4v) is 14.2. The number of aromatic nitrogens is 6. The number of aldehydes is 1. The Bertz CT molecular complexity index is 7710. The number of nitrogens with two attached hydrogens (primary N) is 4. The largest absolute Gasteiger partial charge is 0.478 e. The molecule has 140 heavy (non-hydrogen) atoms. The predicted molar refractivity (Wildman–Crippen MR) is 534 cm³/mol. The van der Waals surface area contributed by atoms with E-state index in [9.17, 15) is 69.5 Å². The summed E-state index contributed by atoms with van der Waals surface area (Å²) in [5.41, 5.74) is 31.0. The normalized spacial score (nSPS) is 10.3. The molecule has 11 N–H and O–H groups in total. The molecule has 0 bridgehead atoms. The summed E-state index contributed by atoms with van der Waals surface area (Å²) in [6, 6.07) is 86.6. The standard InChI is InChI=1S/2C26H16F2N2O3.C19H14N2O2.C11H8O.C8H10N2O2.C7H3ClF2O.C7H8N2O2.CH4O.3CH4/c1-33-26(32)17-10-12-23-22(14-17)29-24(19-8-4-6-15-5-2-3-7-18(15)19)30(23)25(31)16-9-11-20(27)21(28)13-16;1-33-26(32)17-10-12-22-23(14-17)30(25(31)16-9-11-20(27)21(28)13-16)24(29-22)19-8-4-6-15-5-2-3-7-18(15)19;1-23-19(22)13-9-10-16-17(11-13)21-18(20-16)15-8-4-6-12-5-2-3-7-14(12)15;12-8-10-6-3-5-9-4-1-2-7-11(9)10;1-12-8(11)5-2-3-6(9)7(10)4-5;8-7(11)4-1-2-5(9)6(10)3-4;8-5-2-1-4(7(10)11)3-6(5)9;1-2;;;/h2*2-14H,1H3;2-11H,1H3,(H,20,21);1-8H;2-4H,9-10H2,1H3;1-3H;1-3H,8-9H2,(H,10,11);2H,1H3;3*1H4. The van der Waals surface area contributed by atoms with Gasteiger partial charge in [0.2, 0.25) is 0 Å². The highest BCUT2D eigenvalue weighted by molar-refractivity contribution is 6.67. The molecule has 0 atom stereocenters. The SMILES string of the molecule is C.C.C.CO.COC(=O)c1ccc(N)c(N)c1.COC(=O)c1ccc2c(c1)nc(-c1cccc3ccccc13)n2C(=O)c1ccc(F)c(F)c1.COC(=O)c1ccc2nc(-c3cccc4ccccc34)[nH]c2c1.COC(=O)c1ccc2nc(-c3cccc4ccccc34)n(C(=O)c3ccc(F)c(F)c3)c2c1.Nc1ccc(C(=O)O)cc1N.O=C(Cl)c1ccc(F)c(F)c1.O=Cc1cccc2ccccc12. The van der Waals surface area contributed by atoms with E-state index in [0.29, 0.717) is 78.7 Å². The number of carbonyl (C=O) groups excluding carboxylic acids is 8. The van der Waals surface area contributed by atoms with Crippen molar-refractivity contribution in [2.75, 3.05) is 58.5 Å². The van der Waals surface area contributed by atoms with Gasteiger partial charge in [-0.2, -0.15) is 0 Å². The first-order valence-corrected chi connectivity index (χ1v) is 41.3. The maximum Gasteiger partial charge on any atom is 0.337 e. The van der Waals surface area contributed by atoms with Gasteiger partial charge in [0.15, 0.2) is 41.2 Å². The van der Waals surface area contributed by atoms with Crippen molar-refractivity contribution in [1.82, 2.24) is 29.1 Å². The summed E-state index contributed by atoms with van der Waals surface area (Å²) >= 11 is 5.00. The van der Waals surface area contributed by atoms with Gasteiger partial charge in [0, 0.05) is 46.1 Å². The lowest BCUT2D eigenvalue weighted by Gasteiger charge is -2.11. The lowest BCUT2D eigenvalue weighted by atomic mass is 10.0. The Labute approximate surface area is 802 Å². The number of carboxylic acids is 1. The number of carboxylic acid groups (broad SMARTS) is 1. The van der Waals surface area contributed by atoms with E-state index in [2.05, 4.69) is 42.9 Å². The van der Waals surface area contributed by atoms with Gasteiger partial charge in [-0.25, -0.2) is 65.3 Å². The number of H-pyrrole nitrogens is 1. The molecule has 0 aliphatic heterocycles. The summed E-state index contributed by atoms with van der Waals surface area (Å²) in [6.45, 7) is 0. The molecule has 712 valence electrons. The topological polar surface area (TPSA) is 399 Å². The molecule has 0 unspecified atom stereocenters. The molecule has 0 radical (unpaired) electrons. The first-order valence-electron chi connectivity index (χ1n) is 40.9. The molecule has 3 aromatic heterocycles. The molecule has 19 aromatic rings. The minimum Gasteiger partial charge on any atom is -0.478 e. The van der Waals surface area contributed by atoms with Crippen molar-refractivity contribution in [2.24, 2.45) is 0 Å². The van der Waals surface area contributed by atoms with E-state index in [1.54, 1.807) is 42.5 Å². The molecule has 0 amide bonds. The van der Waals surface area contributed by atoms with Crippen LogP contribution in [0.4, 0.5) is 49.1 Å². The van der Waals surface area contributed by atoms with Crippen molar-refractivity contribution in [3.63, 3.8) is 0 Å². The van der Waals surface area contributed by atoms with Crippen LogP contribution in [-0.4, -0.2) is 128 Å². The van der Waals surface area contributed by atoms with E-state index in [-0.39, 0.29) is 61.6 Å². The van der Waals surface area contributed by atoms with E-state index >= 15 is 0 Å². The number of hydrogen-bond acceptors (Lipinski definition) is 21. The number of hydrogen-bond donors (Lipinski definition) is 7. The Balaban J connectivity index is 0.000000190. The minimum absolute atomic E-state index is 0. The summed E-state index contributed by atoms with van der Waals surface area (Å²) in [5, 5.41) is 22.8. The molecule has 19 rings (SSSR count). The Morgan fingerprint density at radius 1 is 0.336 bits per heavy atom. The van der Waals surface area contributed by atoms with E-state index in [0.717, 1.165) is 122 Å². The minimum atomic E-state index is -1.13. The van der Waals surface area contributed by atoms with Gasteiger partial charge in [-0.1, -0.05) is 192 Å². The van der Waals surface area contributed by atoms with Gasteiger partial charge >= 0.3 is 29.8 Å². The summed E-state index contributed by atoms with van der Waals surface area (Å²) in [6.07, 6.45) is 0.891. The van der Waals surface area contributed by atoms with Gasteiger partial charge in [0.25, 0.3) is 17.1 Å². The molecule has 0 aliphatic carbocycles. The number of aliphatic hydroxyl groups excluding tert-OH is 1. The van der Waals surface area contributed by atoms with Crippen LogP contribution in [0.2, 0.25) is 0 Å². The molecular formula is C108H91ClF6N10O15. The smallest absolute Gasteiger partial charge is 0.337 e. The second-order valence-electron chi connectivity index (χ2n) is 29.3. The van der Waals surface area contributed by atoms with Crippen LogP contribution in [0.3, 0.4) is 0 Å². The Hall–Kier alpha value is -18.0. The number of benzene rings is 16. The van der Waals surface area contributed by atoms with Gasteiger partial charge in [0.1, 0.15) is 17.5 Å². The highest BCUT2D eigenvalue weighted by Gasteiger charge is 2.27. The number of imidazole rings is 3. The third-order valence-electron chi connectivity index (χ3n) is 20.8. The molecule has 0 fully saturated rings. The number of nitrogen functional groups attached to an aromatic ring is 4. The Kier molecular flexibility index (Phi) is 36.5. The van der Waals surface area contributed by atoms with E-state index < -0.39 is 75.8 Å². The first-order chi connectivity index (χ1) is 66.0. The number of halogens is 7. The van der Waals surface area contributed by atoms with Crippen molar-refractivity contribution < 1.29 is 98.7 Å². The summed E-state index contributed by atoms with van der Waals surface area (Å²) in [4.78, 5) is 123. The zero-order valence-electron chi connectivity index (χ0n) is 73.0. The van der Waals surface area contributed by atoms with Crippen LogP contribution in [-0.2, 0) is 18.9 Å². The molecule has 0 saturated carbocycles. The molecule has 0 spiro atoms. The number of nitrogens with one attached hydrogen (secondary N) is 1. The number of aromatic carboxylic acids is 1. The van der Waals surface area contributed by atoms with Crippen LogP contribution in [0.1, 0.15) is 116 Å². The average molecular weight is 1920 g/mol. The number of carbonyl (C=O) groups is 9. The average Bonchev–Trinajstić information content (AvgIpc) is 1.60. The number of aromatic amines is 1. The third-order valence-corrected chi connectivity index (χ3v) is 21.1. The highest BCUT2D eigenvalue weighted by atomic mass is 35.5. The van der Waals surface area contributed by atoms with Gasteiger partial charge < -0.3 is 57.1 Å². The second-order valence-corrected chi connectivity index (χ2v) is 29.6. The Morgan fingerprint density at radius 2 is 0.679 bits per heavy atom. The quantitative estimate of drug-likeness (QED) is 0.0149. The van der Waals surface area contributed by atoms with E-state index in [1.807, 2.05) is 158 Å². The number of ether oxygens (including phenoxy) is 4. The van der Waals surface area contributed by atoms with Gasteiger partial charge in [-0.15, -0.1) is 0 Å². The van der Waals surface area contributed by atoms with Crippen LogP contribution in [0.15, 0.2) is 315 Å². The lowest BCUT2D eigenvalue weighted by Crippen LogP contribution is -2.14. The molecule has 0 saturated heterocycles. The van der Waals surface area contributed by atoms with Crippen LogP contribution >= 0.6 is 11.6 Å². The zero-order chi connectivity index (χ0) is 98.4. The number of nitrogens with zero attached hydrogens (tertiary/aromatic N) is 5. The van der Waals surface area contributed by atoms with Gasteiger partial charge in [0.05, 0.1) is 112 Å². The maximum atomic E-state index is 13.9. The fourth-order valence-electron chi connectivity index (χ4n) is 14.1. The summed E-state index contributed by atoms with van der Waals surface area (Å²) < 4.78 is 101. The lowest BCUT2D eigenvalue weighted by molar-refractivity contribution is 0.0592. The molecule has 16 aromatic carbocycles. The van der Waals surface area contributed by atoms with Crippen molar-refractivity contribution >= 4 is 164 Å². The van der Waals surface area contributed by atoms with E-state index in [1.165, 1.54) is 97.6 Å². The monoisotopic (exact) mass is 1920 g/mol. The zero-order valence-corrected chi connectivity index (χ0v) is 73.7. The maximum absolute atomic E-state index is 13.9. The summed E-state index contributed by atoms with van der Waals surface area (Å²) in [7, 11) is 6.23. The van der Waals surface area contributed by atoms with Crippen molar-refractivity contribution in [3.8, 4) is 34.2 Å². The third kappa shape index (κ3) is 24.4. The predicted octanol–water partition coefficient (Wildman–Crippen LogP) is 23.1. The van der Waals surface area contributed by atoms with Crippen LogP contribution in [0.5, 0.6) is 0 Å². The van der Waals surface area contributed by atoms with Crippen LogP contribution in [0.25, 0.3) is 110 Å². The van der Waals surface area contributed by atoms with Crippen LogP contribution < -0.4 is 22.9 Å². The van der Waals surface area contributed by atoms with Crippen molar-refractivity contribution in [1.29, 1.82) is 0 Å². The first kappa shape index (κ1) is 106. The van der Waals surface area contributed by atoms with Crippen LogP contribution in [0, 0.1) is 34.9 Å². The number of aliphatic hydroxyl groups is 1. The highest BCUT2D eigenvalue weighted by Crippen LogP contribution is 2.37. The molecule has 25 nitrogen and oxygen atoms in total.